The molecule has 1 aromatic heterocycles. The van der Waals surface area contributed by atoms with Crippen LogP contribution in [-0.4, -0.2) is 15.6 Å². The molecule has 90 valence electrons. The van der Waals surface area contributed by atoms with Crippen molar-refractivity contribution in [2.24, 2.45) is 11.7 Å². The van der Waals surface area contributed by atoms with Gasteiger partial charge in [-0.3, -0.25) is 9.36 Å². The number of nitrogens with two attached hydrogens (primary N) is 1. The fourth-order valence-electron chi connectivity index (χ4n) is 1.67. The predicted octanol–water partition coefficient (Wildman–Crippen LogP) is 1.38. The normalized spacial score (nSPS) is 13.2. The summed E-state index contributed by atoms with van der Waals surface area (Å²) in [6.07, 6.45) is 1.58. The number of benzene rings is 1. The molecule has 1 atom stereocenters. The first-order valence-corrected chi connectivity index (χ1v) is 5.79. The molecule has 0 aliphatic carbocycles. The van der Waals surface area contributed by atoms with Crippen molar-refractivity contribution in [3.8, 4) is 0 Å². The summed E-state index contributed by atoms with van der Waals surface area (Å²) in [5.41, 5.74) is 6.68. The van der Waals surface area contributed by atoms with E-state index in [1.54, 1.807) is 17.0 Å². The summed E-state index contributed by atoms with van der Waals surface area (Å²) in [5, 5.41) is 0.644. The minimum Gasteiger partial charge on any atom is -0.326 e. The largest absolute Gasteiger partial charge is 0.326 e. The maximum Gasteiger partial charge on any atom is 0.261 e. The predicted molar refractivity (Wildman–Crippen MR) is 68.8 cm³/mol. The van der Waals surface area contributed by atoms with Crippen molar-refractivity contribution in [3.05, 3.63) is 40.9 Å². The van der Waals surface area contributed by atoms with E-state index >= 15 is 0 Å². The Morgan fingerprint density at radius 2 is 2.06 bits per heavy atom. The van der Waals surface area contributed by atoms with Gasteiger partial charge in [0.1, 0.15) is 0 Å². The van der Waals surface area contributed by atoms with Gasteiger partial charge in [-0.05, 0) is 18.1 Å². The average molecular weight is 231 g/mol. The Bertz CT molecular complexity index is 574. The van der Waals surface area contributed by atoms with Crippen LogP contribution in [0.2, 0.25) is 0 Å². The second-order valence-electron chi connectivity index (χ2n) is 4.63. The van der Waals surface area contributed by atoms with Gasteiger partial charge in [-0.1, -0.05) is 26.0 Å². The Morgan fingerprint density at radius 1 is 1.35 bits per heavy atom. The standard InChI is InChI=1S/C13H17N3O/c1-9(2)11(14)7-16-8-15-12-6-4-3-5-10(12)13(16)17/h3-6,8-9,11H,7,14H2,1-2H3. The number of aromatic nitrogens is 2. The Balaban J connectivity index is 2.43. The molecule has 0 radical (unpaired) electrons. The van der Waals surface area contributed by atoms with Crippen LogP contribution in [0, 0.1) is 5.92 Å². The minimum absolute atomic E-state index is 0.0216. The zero-order valence-electron chi connectivity index (χ0n) is 10.1. The van der Waals surface area contributed by atoms with Gasteiger partial charge in [0.25, 0.3) is 5.56 Å². The second kappa shape index (κ2) is 4.67. The van der Waals surface area contributed by atoms with Gasteiger partial charge < -0.3 is 5.73 Å². The lowest BCUT2D eigenvalue weighted by Crippen LogP contribution is -2.35. The molecular formula is C13H17N3O. The van der Waals surface area contributed by atoms with E-state index in [0.29, 0.717) is 17.8 Å². The average Bonchev–Trinajstić information content (AvgIpc) is 2.33. The Labute approximate surface area is 100 Å². The SMILES string of the molecule is CC(C)C(N)Cn1cnc2ccccc2c1=O. The molecule has 2 rings (SSSR count). The van der Waals surface area contributed by atoms with Crippen LogP contribution in [0.5, 0.6) is 0 Å². The fourth-order valence-corrected chi connectivity index (χ4v) is 1.67. The molecule has 4 heteroatoms. The summed E-state index contributed by atoms with van der Waals surface area (Å²) in [7, 11) is 0. The van der Waals surface area contributed by atoms with E-state index in [9.17, 15) is 4.79 Å². The molecule has 0 saturated carbocycles. The second-order valence-corrected chi connectivity index (χ2v) is 4.63. The van der Waals surface area contributed by atoms with E-state index in [2.05, 4.69) is 4.98 Å². The van der Waals surface area contributed by atoms with Crippen LogP contribution in [0.15, 0.2) is 35.4 Å². The molecule has 1 unspecified atom stereocenters. The quantitative estimate of drug-likeness (QED) is 0.868. The number of rotatable bonds is 3. The van der Waals surface area contributed by atoms with Crippen LogP contribution in [-0.2, 0) is 6.54 Å². The molecule has 0 amide bonds. The van der Waals surface area contributed by atoms with E-state index < -0.39 is 0 Å². The van der Waals surface area contributed by atoms with Crippen LogP contribution < -0.4 is 11.3 Å². The van der Waals surface area contributed by atoms with Crippen molar-refractivity contribution < 1.29 is 0 Å². The first-order valence-electron chi connectivity index (χ1n) is 5.79. The third-order valence-electron chi connectivity index (χ3n) is 3.00. The lowest BCUT2D eigenvalue weighted by molar-refractivity contribution is 0.426. The number of para-hydroxylation sites is 1. The molecule has 0 spiro atoms. The third kappa shape index (κ3) is 2.36. The van der Waals surface area contributed by atoms with Crippen molar-refractivity contribution in [1.82, 2.24) is 9.55 Å². The van der Waals surface area contributed by atoms with Crippen LogP contribution in [0.4, 0.5) is 0 Å². The lowest BCUT2D eigenvalue weighted by Gasteiger charge is -2.16. The molecule has 0 bridgehead atoms. The maximum atomic E-state index is 12.2. The van der Waals surface area contributed by atoms with Crippen molar-refractivity contribution in [2.75, 3.05) is 0 Å². The first-order chi connectivity index (χ1) is 8.09. The monoisotopic (exact) mass is 231 g/mol. The van der Waals surface area contributed by atoms with E-state index in [1.165, 1.54) is 0 Å². The first kappa shape index (κ1) is 11.8. The Morgan fingerprint density at radius 3 is 2.76 bits per heavy atom. The molecule has 0 saturated heterocycles. The van der Waals surface area contributed by atoms with Crippen molar-refractivity contribution in [3.63, 3.8) is 0 Å². The van der Waals surface area contributed by atoms with Crippen molar-refractivity contribution >= 4 is 10.9 Å². The Hall–Kier alpha value is -1.68. The molecular weight excluding hydrogens is 214 g/mol. The summed E-state index contributed by atoms with van der Waals surface area (Å²) in [6, 6.07) is 7.32. The van der Waals surface area contributed by atoms with Gasteiger partial charge in [0.15, 0.2) is 0 Å². The van der Waals surface area contributed by atoms with Gasteiger partial charge in [0, 0.05) is 12.6 Å². The highest BCUT2D eigenvalue weighted by atomic mass is 16.1. The zero-order chi connectivity index (χ0) is 12.4. The Kier molecular flexibility index (Phi) is 3.24. The molecule has 0 aliphatic heterocycles. The minimum atomic E-state index is -0.0318. The molecule has 17 heavy (non-hydrogen) atoms. The van der Waals surface area contributed by atoms with Crippen LogP contribution >= 0.6 is 0 Å². The highest BCUT2D eigenvalue weighted by Gasteiger charge is 2.10. The number of hydrogen-bond acceptors (Lipinski definition) is 3. The van der Waals surface area contributed by atoms with Gasteiger partial charge in [0.05, 0.1) is 17.2 Å². The summed E-state index contributed by atoms with van der Waals surface area (Å²) < 4.78 is 1.59. The van der Waals surface area contributed by atoms with E-state index in [-0.39, 0.29) is 11.6 Å². The van der Waals surface area contributed by atoms with Gasteiger partial charge >= 0.3 is 0 Å². The topological polar surface area (TPSA) is 60.9 Å². The maximum absolute atomic E-state index is 12.2. The number of fused-ring (bicyclic) bond motifs is 1. The van der Waals surface area contributed by atoms with E-state index in [4.69, 9.17) is 5.73 Å². The van der Waals surface area contributed by atoms with Gasteiger partial charge in [-0.25, -0.2) is 4.98 Å². The number of hydrogen-bond donors (Lipinski definition) is 1. The van der Waals surface area contributed by atoms with Gasteiger partial charge in [-0.2, -0.15) is 0 Å². The van der Waals surface area contributed by atoms with E-state index in [0.717, 1.165) is 5.52 Å². The molecule has 1 aromatic carbocycles. The zero-order valence-corrected chi connectivity index (χ0v) is 10.1. The highest BCUT2D eigenvalue weighted by molar-refractivity contribution is 5.76. The summed E-state index contributed by atoms with van der Waals surface area (Å²) in [6.45, 7) is 4.60. The molecule has 0 fully saturated rings. The van der Waals surface area contributed by atoms with E-state index in [1.807, 2.05) is 32.0 Å². The van der Waals surface area contributed by atoms with Crippen LogP contribution in [0.25, 0.3) is 10.9 Å². The summed E-state index contributed by atoms with van der Waals surface area (Å²) in [5.74, 6) is 0.341. The molecule has 2 aromatic rings. The van der Waals surface area contributed by atoms with Gasteiger partial charge in [-0.15, -0.1) is 0 Å². The molecule has 4 nitrogen and oxygen atoms in total. The fraction of sp³-hybridized carbons (Fsp3) is 0.385. The summed E-state index contributed by atoms with van der Waals surface area (Å²) in [4.78, 5) is 16.4. The summed E-state index contributed by atoms with van der Waals surface area (Å²) >= 11 is 0. The van der Waals surface area contributed by atoms with Crippen LogP contribution in [0.1, 0.15) is 13.8 Å². The molecule has 1 heterocycles. The van der Waals surface area contributed by atoms with Crippen molar-refractivity contribution in [1.29, 1.82) is 0 Å². The third-order valence-corrected chi connectivity index (χ3v) is 3.00. The molecule has 0 aliphatic rings. The van der Waals surface area contributed by atoms with Crippen molar-refractivity contribution in [2.45, 2.75) is 26.4 Å². The smallest absolute Gasteiger partial charge is 0.261 e. The highest BCUT2D eigenvalue weighted by Crippen LogP contribution is 2.06. The van der Waals surface area contributed by atoms with Crippen LogP contribution in [0.3, 0.4) is 0 Å². The lowest BCUT2D eigenvalue weighted by atomic mass is 10.1. The number of nitrogens with zero attached hydrogens (tertiary/aromatic N) is 2. The molecule has 2 N–H and O–H groups in total. The van der Waals surface area contributed by atoms with Gasteiger partial charge in [0.2, 0.25) is 0 Å².